The molecule has 0 saturated carbocycles. The average molecular weight is 495 g/mol. The van der Waals surface area contributed by atoms with E-state index in [2.05, 4.69) is 10.2 Å². The quantitative estimate of drug-likeness (QED) is 0.331. The van der Waals surface area contributed by atoms with Crippen molar-refractivity contribution in [3.63, 3.8) is 0 Å². The number of ether oxygens (including phenoxy) is 1. The second kappa shape index (κ2) is 8.34. The number of hydrogen-bond donors (Lipinski definition) is 1. The Kier molecular flexibility index (Phi) is 5.46. The van der Waals surface area contributed by atoms with Crippen LogP contribution < -0.4 is 5.56 Å². The fourth-order valence-corrected chi connectivity index (χ4v) is 4.84. The van der Waals surface area contributed by atoms with E-state index in [1.165, 1.54) is 0 Å². The van der Waals surface area contributed by atoms with Gasteiger partial charge in [0.05, 0.1) is 22.8 Å². The first-order valence-corrected chi connectivity index (χ1v) is 11.4. The molecular formula is C25H20Cl2N4O3. The second-order valence-corrected chi connectivity index (χ2v) is 8.81. The summed E-state index contributed by atoms with van der Waals surface area (Å²) in [6.45, 7) is 2.04. The number of halogens is 2. The highest BCUT2D eigenvalue weighted by Gasteiger charge is 2.19. The molecule has 0 unspecified atom stereocenters. The van der Waals surface area contributed by atoms with Crippen LogP contribution in [-0.2, 0) is 18.8 Å². The number of aromatic nitrogens is 4. The summed E-state index contributed by atoms with van der Waals surface area (Å²) >= 11 is 12.5. The normalized spacial score (nSPS) is 11.4. The van der Waals surface area contributed by atoms with Crippen LogP contribution in [0.3, 0.4) is 0 Å². The standard InChI is InChI=1S/C25H20Cl2N4O3/c1-4-34-25(33)21-12-20(28-29-21)13-5-8-22-16(9-13)17-11-18(15-7-6-14(26)10-19(15)27)24(32)31(3)23(17)30(22)2/h5-12H,4H2,1-3H3,(H,28,29). The van der Waals surface area contributed by atoms with Crippen LogP contribution in [-0.4, -0.2) is 31.9 Å². The van der Waals surface area contributed by atoms with Gasteiger partial charge in [0, 0.05) is 46.6 Å². The van der Waals surface area contributed by atoms with Gasteiger partial charge in [-0.15, -0.1) is 0 Å². The Hall–Kier alpha value is -3.55. The van der Waals surface area contributed by atoms with Gasteiger partial charge in [-0.25, -0.2) is 4.79 Å². The van der Waals surface area contributed by atoms with Crippen LogP contribution in [0.15, 0.2) is 53.3 Å². The van der Waals surface area contributed by atoms with Gasteiger partial charge in [-0.2, -0.15) is 5.10 Å². The zero-order valence-electron chi connectivity index (χ0n) is 18.6. The van der Waals surface area contributed by atoms with Gasteiger partial charge in [-0.1, -0.05) is 35.3 Å². The van der Waals surface area contributed by atoms with E-state index in [4.69, 9.17) is 27.9 Å². The molecule has 5 rings (SSSR count). The number of benzene rings is 2. The average Bonchev–Trinajstić information content (AvgIpc) is 3.40. The van der Waals surface area contributed by atoms with Crippen LogP contribution in [0.1, 0.15) is 17.4 Å². The number of carbonyl (C=O) groups excluding carboxylic acids is 1. The molecule has 0 atom stereocenters. The lowest BCUT2D eigenvalue weighted by atomic mass is 10.0. The van der Waals surface area contributed by atoms with Gasteiger partial charge in [-0.05, 0) is 43.3 Å². The molecule has 3 heterocycles. The molecule has 0 radical (unpaired) electrons. The highest BCUT2D eigenvalue weighted by molar-refractivity contribution is 6.36. The van der Waals surface area contributed by atoms with Crippen molar-refractivity contribution in [2.24, 2.45) is 14.1 Å². The first kappa shape index (κ1) is 22.3. The Morgan fingerprint density at radius 2 is 1.79 bits per heavy atom. The molecule has 0 amide bonds. The van der Waals surface area contributed by atoms with Crippen molar-refractivity contribution < 1.29 is 9.53 Å². The molecular weight excluding hydrogens is 475 g/mol. The van der Waals surface area contributed by atoms with Crippen molar-refractivity contribution in [2.45, 2.75) is 6.92 Å². The Bertz CT molecular complexity index is 1660. The monoisotopic (exact) mass is 494 g/mol. The lowest BCUT2D eigenvalue weighted by Gasteiger charge is -2.09. The minimum Gasteiger partial charge on any atom is -0.461 e. The Morgan fingerprint density at radius 3 is 2.53 bits per heavy atom. The van der Waals surface area contributed by atoms with Gasteiger partial charge in [0.15, 0.2) is 0 Å². The number of nitrogens with zero attached hydrogens (tertiary/aromatic N) is 3. The molecule has 0 bridgehead atoms. The van der Waals surface area contributed by atoms with Gasteiger partial charge in [-0.3, -0.25) is 14.5 Å². The molecule has 0 spiro atoms. The Morgan fingerprint density at radius 1 is 1.00 bits per heavy atom. The van der Waals surface area contributed by atoms with Crippen molar-refractivity contribution in [1.29, 1.82) is 0 Å². The molecule has 2 aromatic carbocycles. The summed E-state index contributed by atoms with van der Waals surface area (Å²) in [5.74, 6) is -0.452. The minimum absolute atomic E-state index is 0.158. The van der Waals surface area contributed by atoms with Gasteiger partial charge >= 0.3 is 5.97 Å². The maximum Gasteiger partial charge on any atom is 0.356 e. The number of fused-ring (bicyclic) bond motifs is 3. The van der Waals surface area contributed by atoms with E-state index in [1.807, 2.05) is 35.9 Å². The molecule has 0 aliphatic carbocycles. The number of H-pyrrole nitrogens is 1. The minimum atomic E-state index is -0.452. The summed E-state index contributed by atoms with van der Waals surface area (Å²) in [6, 6.07) is 14.5. The van der Waals surface area contributed by atoms with Crippen LogP contribution >= 0.6 is 23.2 Å². The van der Waals surface area contributed by atoms with Crippen LogP contribution in [0.4, 0.5) is 0 Å². The Balaban J connectivity index is 1.73. The van der Waals surface area contributed by atoms with Crippen molar-refractivity contribution >= 4 is 51.1 Å². The van der Waals surface area contributed by atoms with E-state index in [1.54, 1.807) is 42.8 Å². The summed E-state index contributed by atoms with van der Waals surface area (Å²) < 4.78 is 8.65. The summed E-state index contributed by atoms with van der Waals surface area (Å²) in [7, 11) is 3.67. The van der Waals surface area contributed by atoms with Gasteiger partial charge in [0.25, 0.3) is 5.56 Å². The van der Waals surface area contributed by atoms with Crippen molar-refractivity contribution in [3.05, 3.63) is 74.6 Å². The number of nitrogens with one attached hydrogen (secondary N) is 1. The number of aryl methyl sites for hydroxylation is 2. The number of hydrogen-bond acceptors (Lipinski definition) is 4. The van der Waals surface area contributed by atoms with Crippen molar-refractivity contribution in [2.75, 3.05) is 6.61 Å². The lowest BCUT2D eigenvalue weighted by molar-refractivity contribution is 0.0519. The fourth-order valence-electron chi connectivity index (χ4n) is 4.33. The molecule has 5 aromatic rings. The van der Waals surface area contributed by atoms with Gasteiger partial charge < -0.3 is 9.30 Å². The number of rotatable bonds is 4. The van der Waals surface area contributed by atoms with Crippen LogP contribution in [0, 0.1) is 0 Å². The van der Waals surface area contributed by atoms with Crippen molar-refractivity contribution in [1.82, 2.24) is 19.3 Å². The van der Waals surface area contributed by atoms with E-state index in [0.717, 1.165) is 27.5 Å². The number of esters is 1. The van der Waals surface area contributed by atoms with E-state index in [9.17, 15) is 9.59 Å². The third kappa shape index (κ3) is 3.48. The highest BCUT2D eigenvalue weighted by atomic mass is 35.5. The SMILES string of the molecule is CCOC(=O)c1cc(-c2ccc3c(c2)c2cc(-c4ccc(Cl)cc4Cl)c(=O)n(C)c2n3C)n[nH]1. The maximum atomic E-state index is 13.3. The number of carbonyl (C=O) groups is 1. The van der Waals surface area contributed by atoms with Crippen LogP contribution in [0.5, 0.6) is 0 Å². The topological polar surface area (TPSA) is 81.9 Å². The molecule has 1 N–H and O–H groups in total. The highest BCUT2D eigenvalue weighted by Crippen LogP contribution is 2.35. The Labute approximate surface area is 204 Å². The van der Waals surface area contributed by atoms with E-state index in [0.29, 0.717) is 26.9 Å². The summed E-state index contributed by atoms with van der Waals surface area (Å²) in [6.07, 6.45) is 0. The van der Waals surface area contributed by atoms with Gasteiger partial charge in [0.2, 0.25) is 0 Å². The third-order valence-corrected chi connectivity index (χ3v) is 6.49. The molecule has 0 saturated heterocycles. The van der Waals surface area contributed by atoms with Gasteiger partial charge in [0.1, 0.15) is 11.3 Å². The fraction of sp³-hybridized carbons (Fsp3) is 0.160. The molecule has 34 heavy (non-hydrogen) atoms. The summed E-state index contributed by atoms with van der Waals surface area (Å²) in [5, 5.41) is 9.77. The molecule has 172 valence electrons. The largest absolute Gasteiger partial charge is 0.461 e. The predicted molar refractivity (Wildman–Crippen MR) is 135 cm³/mol. The molecule has 0 aliphatic heterocycles. The van der Waals surface area contributed by atoms with E-state index >= 15 is 0 Å². The lowest BCUT2D eigenvalue weighted by Crippen LogP contribution is -2.20. The van der Waals surface area contributed by atoms with E-state index in [-0.39, 0.29) is 17.9 Å². The molecule has 3 aromatic heterocycles. The maximum absolute atomic E-state index is 13.3. The molecule has 0 aliphatic rings. The number of pyridine rings is 1. The molecule has 9 heteroatoms. The smallest absolute Gasteiger partial charge is 0.356 e. The second-order valence-electron chi connectivity index (χ2n) is 7.96. The third-order valence-electron chi connectivity index (χ3n) is 5.94. The zero-order valence-corrected chi connectivity index (χ0v) is 20.2. The first-order chi connectivity index (χ1) is 16.3. The molecule has 7 nitrogen and oxygen atoms in total. The summed E-state index contributed by atoms with van der Waals surface area (Å²) in [5.41, 5.74) is 4.41. The first-order valence-electron chi connectivity index (χ1n) is 10.6. The predicted octanol–water partition coefficient (Wildman–Crippen LogP) is 5.57. The zero-order chi connectivity index (χ0) is 24.1. The number of aromatic amines is 1. The van der Waals surface area contributed by atoms with Crippen LogP contribution in [0.2, 0.25) is 10.0 Å². The van der Waals surface area contributed by atoms with E-state index < -0.39 is 5.97 Å². The molecule has 0 fully saturated rings. The summed E-state index contributed by atoms with van der Waals surface area (Å²) in [4.78, 5) is 25.3. The van der Waals surface area contributed by atoms with Crippen LogP contribution in [0.25, 0.3) is 44.3 Å². The van der Waals surface area contributed by atoms with Crippen molar-refractivity contribution in [3.8, 4) is 22.4 Å².